The molecule has 1 N–H and O–H groups in total. The summed E-state index contributed by atoms with van der Waals surface area (Å²) in [5.41, 5.74) is 0.957. The Morgan fingerprint density at radius 1 is 1.15 bits per heavy atom. The molecule has 1 aliphatic heterocycles. The van der Waals surface area contributed by atoms with Gasteiger partial charge in [0.15, 0.2) is 0 Å². The molecule has 4 nitrogen and oxygen atoms in total. The first-order valence-electron chi connectivity index (χ1n) is 8.36. The molecule has 0 radical (unpaired) electrons. The maximum absolute atomic E-state index is 12.4. The summed E-state index contributed by atoms with van der Waals surface area (Å²) >= 11 is 0. The molecule has 0 unspecified atom stereocenters. The molecule has 0 spiro atoms. The summed E-state index contributed by atoms with van der Waals surface area (Å²) in [5, 5.41) is 3.34. The van der Waals surface area contributed by atoms with E-state index in [1.807, 2.05) is 0 Å². The van der Waals surface area contributed by atoms with Gasteiger partial charge in [-0.25, -0.2) is 0 Å². The third-order valence-electron chi connectivity index (χ3n) is 4.90. The fraction of sp³-hybridized carbons (Fsp3) is 0.647. The Hall–Kier alpha value is -0.890. The standard InChI is InChI=1S/C17H23F3N2O2.2ClH/c1-23-15-11-13(24-17(18,19)20)5-6-14(15)16(12-3-2-4-12)22-9-7-21-8-10-22;;/h5-6,11-12,16,21H,2-4,7-10H2,1H3;2*1H/t16-;;/m1../s1. The Morgan fingerprint density at radius 2 is 1.81 bits per heavy atom. The van der Waals surface area contributed by atoms with Crippen LogP contribution < -0.4 is 14.8 Å². The molecule has 1 aromatic carbocycles. The predicted molar refractivity (Wildman–Crippen MR) is 98.7 cm³/mol. The number of nitrogens with zero attached hydrogens (tertiary/aromatic N) is 1. The van der Waals surface area contributed by atoms with Crippen molar-refractivity contribution in [3.63, 3.8) is 0 Å². The van der Waals surface area contributed by atoms with Crippen molar-refractivity contribution in [3.8, 4) is 11.5 Å². The van der Waals surface area contributed by atoms with E-state index in [9.17, 15) is 13.2 Å². The minimum atomic E-state index is -4.70. The molecule has 1 saturated carbocycles. The smallest absolute Gasteiger partial charge is 0.496 e. The number of rotatable bonds is 5. The number of piperazine rings is 1. The SMILES string of the molecule is COc1cc(OC(F)(F)F)ccc1[C@@H](C1CCC1)N1CCNCC1.Cl.Cl. The number of hydrogen-bond donors (Lipinski definition) is 1. The van der Waals surface area contributed by atoms with Crippen molar-refractivity contribution in [3.05, 3.63) is 23.8 Å². The van der Waals surface area contributed by atoms with Crippen LogP contribution in [0.3, 0.4) is 0 Å². The van der Waals surface area contributed by atoms with E-state index in [0.29, 0.717) is 11.7 Å². The second-order valence-corrected chi connectivity index (χ2v) is 6.37. The number of halogens is 5. The average molecular weight is 417 g/mol. The van der Waals surface area contributed by atoms with Crippen molar-refractivity contribution < 1.29 is 22.6 Å². The second kappa shape index (κ2) is 9.88. The van der Waals surface area contributed by atoms with Crippen molar-refractivity contribution in [1.29, 1.82) is 0 Å². The first-order valence-corrected chi connectivity index (χ1v) is 8.36. The molecule has 1 heterocycles. The van der Waals surface area contributed by atoms with Crippen LogP contribution in [0.15, 0.2) is 18.2 Å². The normalized spacial score (nSPS) is 19.5. The highest BCUT2D eigenvalue weighted by molar-refractivity contribution is 5.85. The third kappa shape index (κ3) is 5.55. The van der Waals surface area contributed by atoms with E-state index in [1.165, 1.54) is 25.7 Å². The third-order valence-corrected chi connectivity index (χ3v) is 4.90. The molecule has 2 aliphatic rings. The zero-order valence-electron chi connectivity index (χ0n) is 14.6. The van der Waals surface area contributed by atoms with E-state index in [0.717, 1.165) is 44.6 Å². The number of benzene rings is 1. The van der Waals surface area contributed by atoms with Crippen molar-refractivity contribution in [2.45, 2.75) is 31.7 Å². The maximum Gasteiger partial charge on any atom is 0.573 e. The van der Waals surface area contributed by atoms with E-state index in [-0.39, 0.29) is 36.6 Å². The van der Waals surface area contributed by atoms with Crippen LogP contribution in [0.5, 0.6) is 11.5 Å². The summed E-state index contributed by atoms with van der Waals surface area (Å²) < 4.78 is 46.7. The van der Waals surface area contributed by atoms with Crippen molar-refractivity contribution in [2.24, 2.45) is 5.92 Å². The molecular formula is C17H25Cl2F3N2O2. The van der Waals surface area contributed by atoms with E-state index in [1.54, 1.807) is 6.07 Å². The van der Waals surface area contributed by atoms with Crippen molar-refractivity contribution in [1.82, 2.24) is 10.2 Å². The number of hydrogen-bond acceptors (Lipinski definition) is 4. The minimum absolute atomic E-state index is 0. The van der Waals surface area contributed by atoms with Gasteiger partial charge in [-0.1, -0.05) is 12.5 Å². The average Bonchev–Trinajstić information content (AvgIpc) is 2.50. The molecule has 0 bridgehead atoms. The number of methoxy groups -OCH3 is 1. The molecule has 9 heteroatoms. The summed E-state index contributed by atoms with van der Waals surface area (Å²) in [4.78, 5) is 2.42. The molecule has 26 heavy (non-hydrogen) atoms. The van der Waals surface area contributed by atoms with Crippen LogP contribution in [0, 0.1) is 5.92 Å². The van der Waals surface area contributed by atoms with Crippen LogP contribution in [-0.2, 0) is 0 Å². The van der Waals surface area contributed by atoms with Gasteiger partial charge in [-0.05, 0) is 24.8 Å². The van der Waals surface area contributed by atoms with Crippen LogP contribution >= 0.6 is 24.8 Å². The van der Waals surface area contributed by atoms with E-state index in [2.05, 4.69) is 15.0 Å². The predicted octanol–water partition coefficient (Wildman–Crippen LogP) is 4.18. The van der Waals surface area contributed by atoms with Crippen molar-refractivity contribution in [2.75, 3.05) is 33.3 Å². The number of alkyl halides is 3. The van der Waals surface area contributed by atoms with Gasteiger partial charge in [0, 0.05) is 43.9 Å². The Labute approximate surface area is 164 Å². The van der Waals surface area contributed by atoms with E-state index < -0.39 is 6.36 Å². The van der Waals surface area contributed by atoms with Gasteiger partial charge in [0.05, 0.1) is 7.11 Å². The Balaban J connectivity index is 0.00000169. The molecule has 1 aliphatic carbocycles. The summed E-state index contributed by atoms with van der Waals surface area (Å²) in [5.74, 6) is 0.759. The van der Waals surface area contributed by atoms with Gasteiger partial charge in [-0.3, -0.25) is 4.90 Å². The second-order valence-electron chi connectivity index (χ2n) is 6.37. The molecule has 1 aromatic rings. The quantitative estimate of drug-likeness (QED) is 0.780. The lowest BCUT2D eigenvalue weighted by atomic mass is 9.76. The first-order chi connectivity index (χ1) is 11.5. The van der Waals surface area contributed by atoms with Crippen LogP contribution in [0.4, 0.5) is 13.2 Å². The van der Waals surface area contributed by atoms with Crippen LogP contribution in [0.2, 0.25) is 0 Å². The van der Waals surface area contributed by atoms with Gasteiger partial charge in [0.2, 0.25) is 0 Å². The summed E-state index contributed by atoms with van der Waals surface area (Å²) in [6.45, 7) is 3.73. The Bertz CT molecular complexity index is 565. The molecule has 1 atom stereocenters. The molecule has 1 saturated heterocycles. The zero-order chi connectivity index (χ0) is 17.2. The fourth-order valence-corrected chi connectivity index (χ4v) is 3.60. The summed E-state index contributed by atoms with van der Waals surface area (Å²) in [6, 6.07) is 4.65. The Kier molecular flexibility index (Phi) is 8.79. The van der Waals surface area contributed by atoms with Crippen LogP contribution in [-0.4, -0.2) is 44.6 Å². The topological polar surface area (TPSA) is 33.7 Å². The van der Waals surface area contributed by atoms with Crippen molar-refractivity contribution >= 4 is 24.8 Å². The summed E-state index contributed by atoms with van der Waals surface area (Å²) in [6.07, 6.45) is -1.18. The minimum Gasteiger partial charge on any atom is -0.496 e. The van der Waals surface area contributed by atoms with Gasteiger partial charge < -0.3 is 14.8 Å². The van der Waals surface area contributed by atoms with E-state index in [4.69, 9.17) is 4.74 Å². The molecule has 2 fully saturated rings. The number of ether oxygens (including phenoxy) is 2. The largest absolute Gasteiger partial charge is 0.573 e. The lowest BCUT2D eigenvalue weighted by Crippen LogP contribution is -2.47. The van der Waals surface area contributed by atoms with Gasteiger partial charge >= 0.3 is 6.36 Å². The van der Waals surface area contributed by atoms with Crippen LogP contribution in [0.1, 0.15) is 30.9 Å². The molecule has 150 valence electrons. The zero-order valence-corrected chi connectivity index (χ0v) is 16.2. The molecule has 0 amide bonds. The monoisotopic (exact) mass is 416 g/mol. The highest BCUT2D eigenvalue weighted by Gasteiger charge is 2.36. The fourth-order valence-electron chi connectivity index (χ4n) is 3.60. The summed E-state index contributed by atoms with van der Waals surface area (Å²) in [7, 11) is 1.49. The van der Waals surface area contributed by atoms with E-state index >= 15 is 0 Å². The highest BCUT2D eigenvalue weighted by atomic mass is 35.5. The Morgan fingerprint density at radius 3 is 2.31 bits per heavy atom. The van der Waals surface area contributed by atoms with Gasteiger partial charge in [0.1, 0.15) is 11.5 Å². The number of nitrogens with one attached hydrogen (secondary N) is 1. The molecular weight excluding hydrogens is 392 g/mol. The maximum atomic E-state index is 12.4. The molecule has 0 aromatic heterocycles. The van der Waals surface area contributed by atoms with Gasteiger partial charge in [-0.2, -0.15) is 0 Å². The lowest BCUT2D eigenvalue weighted by molar-refractivity contribution is -0.274. The van der Waals surface area contributed by atoms with Crippen LogP contribution in [0.25, 0.3) is 0 Å². The lowest BCUT2D eigenvalue weighted by Gasteiger charge is -2.43. The van der Waals surface area contributed by atoms with Gasteiger partial charge in [0.25, 0.3) is 0 Å². The first kappa shape index (κ1) is 23.1. The highest BCUT2D eigenvalue weighted by Crippen LogP contribution is 2.45. The van der Waals surface area contributed by atoms with Gasteiger partial charge in [-0.15, -0.1) is 38.0 Å². The molecule has 3 rings (SSSR count).